The molecule has 2 atom stereocenters. The maximum Gasteiger partial charge on any atom is 0.344 e. The van der Waals surface area contributed by atoms with Gasteiger partial charge in [-0.05, 0) is 93.1 Å². The number of esters is 2. The maximum atomic E-state index is 12.9. The van der Waals surface area contributed by atoms with Gasteiger partial charge in [-0.1, -0.05) is 136 Å². The second-order valence-electron chi connectivity index (χ2n) is 19.2. The highest BCUT2D eigenvalue weighted by atomic mass is 35.5. The van der Waals surface area contributed by atoms with Crippen LogP contribution in [0.1, 0.15) is 119 Å². The third-order valence-electron chi connectivity index (χ3n) is 10.1. The van der Waals surface area contributed by atoms with Gasteiger partial charge in [-0.25, -0.2) is 9.59 Å². The highest BCUT2D eigenvalue weighted by Gasteiger charge is 2.32. The van der Waals surface area contributed by atoms with Gasteiger partial charge in [-0.2, -0.15) is 0 Å². The number of rotatable bonds is 15. The van der Waals surface area contributed by atoms with Crippen molar-refractivity contribution in [2.75, 3.05) is 40.6 Å². The van der Waals surface area contributed by atoms with E-state index < -0.39 is 25.2 Å². The molecule has 338 valence electrons. The van der Waals surface area contributed by atoms with Crippen molar-refractivity contribution in [1.82, 2.24) is 0 Å². The van der Waals surface area contributed by atoms with Gasteiger partial charge in [0.25, 0.3) is 0 Å². The average molecular weight is 928 g/mol. The fourth-order valence-corrected chi connectivity index (χ4v) is 10.1. The molecule has 0 N–H and O–H groups in total. The molecule has 0 heterocycles. The van der Waals surface area contributed by atoms with E-state index in [1.54, 1.807) is 40.2 Å². The Bertz CT molecular complexity index is 2030. The van der Waals surface area contributed by atoms with Gasteiger partial charge >= 0.3 is 11.9 Å². The van der Waals surface area contributed by atoms with Crippen LogP contribution >= 0.6 is 40.4 Å². The minimum Gasteiger partial charge on any atom is -0.496 e. The Kier molecular flexibility index (Phi) is 16.9. The third kappa shape index (κ3) is 12.4. The summed E-state index contributed by atoms with van der Waals surface area (Å²) in [6, 6.07) is 16.4. The SMILES string of the molecule is CCOC(=O)COc1c(Cl)ccc(Pc2cc(C(C)(C)C)c(OC)c(C(C)(C)C)c2)c1-c1c(Pc2cc(C(C)(C)C)c(OC)c(C(C)(C)C)c2)ccc(Cl)c1OCC(=O)OCC. The molecule has 0 saturated heterocycles. The lowest BCUT2D eigenvalue weighted by atomic mass is 9.79. The second-order valence-corrected chi connectivity index (χ2v) is 22.8. The van der Waals surface area contributed by atoms with Crippen molar-refractivity contribution < 1.29 is 38.0 Å². The van der Waals surface area contributed by atoms with Crippen LogP contribution in [0.5, 0.6) is 23.0 Å². The smallest absolute Gasteiger partial charge is 0.344 e. The minimum absolute atomic E-state index is 0.0614. The molecular formula is C50H66Cl2O8P2. The number of halogens is 2. The van der Waals surface area contributed by atoms with Crippen molar-refractivity contribution >= 4 is 73.5 Å². The van der Waals surface area contributed by atoms with E-state index >= 15 is 0 Å². The first-order chi connectivity index (χ1) is 28.8. The Morgan fingerprint density at radius 3 is 1.03 bits per heavy atom. The van der Waals surface area contributed by atoms with Crippen LogP contribution in [0.15, 0.2) is 48.5 Å². The van der Waals surface area contributed by atoms with Crippen molar-refractivity contribution in [3.63, 3.8) is 0 Å². The van der Waals surface area contributed by atoms with Crippen molar-refractivity contribution in [2.24, 2.45) is 0 Å². The van der Waals surface area contributed by atoms with Crippen LogP contribution < -0.4 is 40.2 Å². The molecule has 4 aromatic carbocycles. The number of hydrogen-bond acceptors (Lipinski definition) is 8. The predicted molar refractivity (Wildman–Crippen MR) is 262 cm³/mol. The quantitative estimate of drug-likeness (QED) is 0.0860. The van der Waals surface area contributed by atoms with Crippen LogP contribution in [0, 0.1) is 0 Å². The molecule has 62 heavy (non-hydrogen) atoms. The van der Waals surface area contributed by atoms with Gasteiger partial charge in [-0.15, -0.1) is 0 Å². The summed E-state index contributed by atoms with van der Waals surface area (Å²) in [5.74, 6) is 1.17. The summed E-state index contributed by atoms with van der Waals surface area (Å²) < 4.78 is 35.6. The van der Waals surface area contributed by atoms with E-state index in [1.165, 1.54) is 0 Å². The Hall–Kier alpha value is -3.54. The van der Waals surface area contributed by atoms with Crippen LogP contribution in [0.2, 0.25) is 10.0 Å². The van der Waals surface area contributed by atoms with E-state index in [0.29, 0.717) is 11.1 Å². The zero-order valence-corrected chi connectivity index (χ0v) is 43.0. The van der Waals surface area contributed by atoms with Crippen molar-refractivity contribution in [1.29, 1.82) is 0 Å². The molecule has 0 aromatic heterocycles. The summed E-state index contributed by atoms with van der Waals surface area (Å²) in [4.78, 5) is 25.8. The van der Waals surface area contributed by atoms with E-state index in [-0.39, 0.29) is 73.6 Å². The first-order valence-corrected chi connectivity index (χ1v) is 23.7. The molecule has 0 radical (unpaired) electrons. The van der Waals surface area contributed by atoms with E-state index in [1.807, 2.05) is 12.1 Å². The highest BCUT2D eigenvalue weighted by molar-refractivity contribution is 7.56. The molecule has 2 unspecified atom stereocenters. The van der Waals surface area contributed by atoms with Gasteiger partial charge in [-0.3, -0.25) is 0 Å². The van der Waals surface area contributed by atoms with Crippen LogP contribution in [0.4, 0.5) is 0 Å². The maximum absolute atomic E-state index is 12.9. The van der Waals surface area contributed by atoms with E-state index in [9.17, 15) is 9.59 Å². The van der Waals surface area contributed by atoms with Crippen molar-refractivity contribution in [3.8, 4) is 34.1 Å². The molecule has 0 aliphatic rings. The van der Waals surface area contributed by atoms with Gasteiger partial charge in [0.15, 0.2) is 13.2 Å². The fraction of sp³-hybridized carbons (Fsp3) is 0.480. The lowest BCUT2D eigenvalue weighted by molar-refractivity contribution is -0.146. The lowest BCUT2D eigenvalue weighted by Crippen LogP contribution is -2.24. The molecule has 8 nitrogen and oxygen atoms in total. The van der Waals surface area contributed by atoms with Crippen LogP contribution in [-0.2, 0) is 40.7 Å². The predicted octanol–water partition coefficient (Wildman–Crippen LogP) is 11.0. The number of methoxy groups -OCH3 is 2. The molecule has 0 aliphatic heterocycles. The fourth-order valence-electron chi connectivity index (χ4n) is 7.15. The minimum atomic E-state index is -0.545. The Labute approximate surface area is 384 Å². The zero-order valence-electron chi connectivity index (χ0n) is 39.5. The number of ether oxygens (including phenoxy) is 6. The lowest BCUT2D eigenvalue weighted by Gasteiger charge is -2.30. The number of carbonyl (C=O) groups excluding carboxylic acids is 2. The number of benzene rings is 4. The summed E-state index contributed by atoms with van der Waals surface area (Å²) in [6.07, 6.45) is 0. The summed E-state index contributed by atoms with van der Waals surface area (Å²) in [5, 5.41) is 4.37. The summed E-state index contributed by atoms with van der Waals surface area (Å²) >= 11 is 14.2. The van der Waals surface area contributed by atoms with Gasteiger partial charge in [0, 0.05) is 33.4 Å². The molecule has 12 heteroatoms. The highest BCUT2D eigenvalue weighted by Crippen LogP contribution is 2.47. The molecule has 0 amide bonds. The third-order valence-corrected chi connectivity index (χ3v) is 13.2. The standard InChI is InChI=1S/C50H66Cl2O8P2/c1-17-57-39(53)27-59-45-35(51)19-21-37(61-29-23-31(47(3,4)5)43(55-15)32(24-29)48(6,7)8)41(45)42-38(22-20-36(52)46(42)60-28-40(54)58-18-2)62-30-25-33(49(9,10)11)44(56-16)34(26-30)50(12,13)14/h19-26,61-62H,17-18,27-28H2,1-16H3. The topological polar surface area (TPSA) is 89.5 Å². The number of hydrogen-bond donors (Lipinski definition) is 0. The van der Waals surface area contributed by atoms with E-state index in [4.69, 9.17) is 51.6 Å². The summed E-state index contributed by atoms with van der Waals surface area (Å²) in [5.41, 5.74) is 4.54. The van der Waals surface area contributed by atoms with Gasteiger partial charge in [0.1, 0.15) is 23.0 Å². The molecule has 0 fully saturated rings. The Morgan fingerprint density at radius 1 is 0.500 bits per heavy atom. The molecule has 4 rings (SSSR count). The van der Waals surface area contributed by atoms with Gasteiger partial charge < -0.3 is 28.4 Å². The van der Waals surface area contributed by atoms with Gasteiger partial charge in [0.05, 0.1) is 37.5 Å². The molecule has 0 saturated carbocycles. The van der Waals surface area contributed by atoms with Crippen molar-refractivity contribution in [3.05, 3.63) is 80.8 Å². The first kappa shape index (κ1) is 51.1. The summed E-state index contributed by atoms with van der Waals surface area (Å²) in [6.45, 7) is 29.3. The first-order valence-electron chi connectivity index (χ1n) is 21.0. The monoisotopic (exact) mass is 926 g/mol. The summed E-state index contributed by atoms with van der Waals surface area (Å²) in [7, 11) is 3.57. The van der Waals surface area contributed by atoms with E-state index in [0.717, 1.165) is 55.0 Å². The van der Waals surface area contributed by atoms with Crippen molar-refractivity contribution in [2.45, 2.75) is 119 Å². The molecule has 0 bridgehead atoms. The largest absolute Gasteiger partial charge is 0.496 e. The normalized spacial score (nSPS) is 12.6. The van der Waals surface area contributed by atoms with Crippen LogP contribution in [0.25, 0.3) is 11.1 Å². The Morgan fingerprint density at radius 2 is 0.790 bits per heavy atom. The van der Waals surface area contributed by atoms with E-state index in [2.05, 4.69) is 107 Å². The molecule has 4 aromatic rings. The van der Waals surface area contributed by atoms with Crippen LogP contribution in [0.3, 0.4) is 0 Å². The zero-order chi connectivity index (χ0) is 46.5. The molecular weight excluding hydrogens is 861 g/mol. The van der Waals surface area contributed by atoms with Gasteiger partial charge in [0.2, 0.25) is 0 Å². The second kappa shape index (κ2) is 20.5. The molecule has 0 aliphatic carbocycles. The average Bonchev–Trinajstić information content (AvgIpc) is 3.16. The Balaban J connectivity index is 2.18. The van der Waals surface area contributed by atoms with Crippen LogP contribution in [-0.4, -0.2) is 52.6 Å². The number of carbonyl (C=O) groups is 2. The molecule has 0 spiro atoms.